The Labute approximate surface area is 149 Å². The highest BCUT2D eigenvalue weighted by atomic mass is 16.5. The lowest BCUT2D eigenvalue weighted by Crippen LogP contribution is -2.22. The first-order valence-corrected chi connectivity index (χ1v) is 7.83. The van der Waals surface area contributed by atoms with E-state index < -0.39 is 5.91 Å². The topological polar surface area (TPSA) is 112 Å². The quantitative estimate of drug-likeness (QED) is 0.700. The molecule has 0 aliphatic rings. The van der Waals surface area contributed by atoms with Gasteiger partial charge in [-0.3, -0.25) is 14.3 Å². The lowest BCUT2D eigenvalue weighted by molar-refractivity contribution is 0.0948. The van der Waals surface area contributed by atoms with Crippen molar-refractivity contribution in [3.63, 3.8) is 0 Å². The Morgan fingerprint density at radius 1 is 1.27 bits per heavy atom. The van der Waals surface area contributed by atoms with Crippen molar-refractivity contribution in [3.05, 3.63) is 59.7 Å². The van der Waals surface area contributed by atoms with Crippen molar-refractivity contribution in [2.45, 2.75) is 6.54 Å². The number of hydrogen-bond donors (Lipinski definition) is 2. The molecule has 0 unspecified atom stereocenters. The molecule has 0 aliphatic carbocycles. The van der Waals surface area contributed by atoms with E-state index in [-0.39, 0.29) is 18.2 Å². The number of ether oxygens (including phenoxy) is 1. The van der Waals surface area contributed by atoms with E-state index in [4.69, 9.17) is 14.9 Å². The summed E-state index contributed by atoms with van der Waals surface area (Å²) in [4.78, 5) is 23.7. The van der Waals surface area contributed by atoms with Crippen LogP contribution in [-0.2, 0) is 13.6 Å². The number of rotatable bonds is 6. The summed E-state index contributed by atoms with van der Waals surface area (Å²) in [6, 6.07) is 10.4. The van der Waals surface area contributed by atoms with E-state index in [1.165, 1.54) is 6.07 Å². The average molecular weight is 354 g/mol. The summed E-state index contributed by atoms with van der Waals surface area (Å²) in [6.45, 7) is 0.117. The molecule has 2 heterocycles. The van der Waals surface area contributed by atoms with E-state index in [2.05, 4.69) is 10.4 Å². The van der Waals surface area contributed by atoms with E-state index in [0.717, 1.165) is 5.56 Å². The van der Waals surface area contributed by atoms with Gasteiger partial charge in [0, 0.05) is 18.8 Å². The van der Waals surface area contributed by atoms with Crippen LogP contribution in [0.5, 0.6) is 5.75 Å². The number of methoxy groups -OCH3 is 1. The van der Waals surface area contributed by atoms with Crippen LogP contribution in [0.25, 0.3) is 11.3 Å². The molecule has 0 saturated heterocycles. The first-order valence-electron chi connectivity index (χ1n) is 7.83. The molecule has 2 aromatic heterocycles. The zero-order valence-electron chi connectivity index (χ0n) is 14.4. The molecule has 1 aromatic carbocycles. The van der Waals surface area contributed by atoms with Crippen molar-refractivity contribution in [1.29, 1.82) is 0 Å². The summed E-state index contributed by atoms with van der Waals surface area (Å²) < 4.78 is 12.2. The Balaban J connectivity index is 1.82. The zero-order valence-corrected chi connectivity index (χ0v) is 14.4. The summed E-state index contributed by atoms with van der Waals surface area (Å²) in [5, 5.41) is 7.13. The number of primary amides is 1. The van der Waals surface area contributed by atoms with Crippen LogP contribution in [0.2, 0.25) is 0 Å². The summed E-state index contributed by atoms with van der Waals surface area (Å²) in [5.74, 6) is 0.113. The van der Waals surface area contributed by atoms with E-state index >= 15 is 0 Å². The van der Waals surface area contributed by atoms with Gasteiger partial charge in [-0.15, -0.1) is 0 Å². The third-order valence-corrected chi connectivity index (χ3v) is 3.76. The minimum Gasteiger partial charge on any atom is -0.496 e. The van der Waals surface area contributed by atoms with Gasteiger partial charge in [-0.2, -0.15) is 5.10 Å². The highest BCUT2D eigenvalue weighted by Crippen LogP contribution is 2.30. The van der Waals surface area contributed by atoms with Crippen LogP contribution < -0.4 is 15.8 Å². The second-order valence-electron chi connectivity index (χ2n) is 5.58. The van der Waals surface area contributed by atoms with Crippen molar-refractivity contribution in [2.75, 3.05) is 7.11 Å². The third-order valence-electron chi connectivity index (χ3n) is 3.76. The number of carbonyl (C=O) groups excluding carboxylic acids is 2. The fraction of sp³-hybridized carbons (Fsp3) is 0.167. The number of furan rings is 1. The number of amides is 2. The molecule has 0 fully saturated rings. The molecular weight excluding hydrogens is 336 g/mol. The van der Waals surface area contributed by atoms with Crippen molar-refractivity contribution in [3.8, 4) is 17.0 Å². The smallest absolute Gasteiger partial charge is 0.284 e. The minimum absolute atomic E-state index is 0.0466. The summed E-state index contributed by atoms with van der Waals surface area (Å²) >= 11 is 0. The molecule has 0 radical (unpaired) electrons. The molecule has 3 rings (SSSR count). The van der Waals surface area contributed by atoms with Crippen LogP contribution in [-0.4, -0.2) is 28.7 Å². The molecule has 3 aromatic rings. The SMILES string of the molecule is COc1ccccc1-c1nn(C)cc1C(=O)NCc1ccc(C(N)=O)o1. The second-order valence-corrected chi connectivity index (χ2v) is 5.58. The Hall–Kier alpha value is -3.55. The van der Waals surface area contributed by atoms with Gasteiger partial charge in [-0.1, -0.05) is 12.1 Å². The lowest BCUT2D eigenvalue weighted by atomic mass is 10.1. The first kappa shape index (κ1) is 17.3. The van der Waals surface area contributed by atoms with Crippen molar-refractivity contribution in [1.82, 2.24) is 15.1 Å². The highest BCUT2D eigenvalue weighted by molar-refractivity contribution is 6.00. The van der Waals surface area contributed by atoms with E-state index in [9.17, 15) is 9.59 Å². The number of nitrogens with zero attached hydrogens (tertiary/aromatic N) is 2. The van der Waals surface area contributed by atoms with Crippen LogP contribution in [0.1, 0.15) is 26.7 Å². The molecular formula is C18H18N4O4. The van der Waals surface area contributed by atoms with Crippen LogP contribution in [0.15, 0.2) is 47.0 Å². The number of aromatic nitrogens is 2. The molecule has 0 saturated carbocycles. The number of benzene rings is 1. The minimum atomic E-state index is -0.659. The summed E-state index contributed by atoms with van der Waals surface area (Å²) in [6.07, 6.45) is 1.63. The van der Waals surface area contributed by atoms with Gasteiger partial charge >= 0.3 is 0 Å². The first-order chi connectivity index (χ1) is 12.5. The molecule has 26 heavy (non-hydrogen) atoms. The van der Waals surface area contributed by atoms with Gasteiger partial charge in [0.25, 0.3) is 11.8 Å². The van der Waals surface area contributed by atoms with Crippen molar-refractivity contribution in [2.24, 2.45) is 12.8 Å². The van der Waals surface area contributed by atoms with Gasteiger partial charge in [0.2, 0.25) is 0 Å². The van der Waals surface area contributed by atoms with E-state index in [1.807, 2.05) is 18.2 Å². The zero-order chi connectivity index (χ0) is 18.7. The number of hydrogen-bond acceptors (Lipinski definition) is 5. The lowest BCUT2D eigenvalue weighted by Gasteiger charge is -2.08. The fourth-order valence-corrected chi connectivity index (χ4v) is 2.56. The van der Waals surface area contributed by atoms with Gasteiger partial charge in [0.1, 0.15) is 17.2 Å². The van der Waals surface area contributed by atoms with Gasteiger partial charge in [-0.25, -0.2) is 0 Å². The number of nitrogens with one attached hydrogen (secondary N) is 1. The summed E-state index contributed by atoms with van der Waals surface area (Å²) in [5.41, 5.74) is 6.78. The van der Waals surface area contributed by atoms with E-state index in [0.29, 0.717) is 22.8 Å². The molecule has 134 valence electrons. The highest BCUT2D eigenvalue weighted by Gasteiger charge is 2.20. The largest absolute Gasteiger partial charge is 0.496 e. The van der Waals surface area contributed by atoms with Crippen molar-refractivity contribution < 1.29 is 18.7 Å². The van der Waals surface area contributed by atoms with Crippen molar-refractivity contribution >= 4 is 11.8 Å². The predicted molar refractivity (Wildman–Crippen MR) is 93.6 cm³/mol. The van der Waals surface area contributed by atoms with Gasteiger partial charge in [0.05, 0.1) is 19.2 Å². The predicted octanol–water partition coefficient (Wildman–Crippen LogP) is 1.72. The van der Waals surface area contributed by atoms with Crippen LogP contribution >= 0.6 is 0 Å². The Morgan fingerprint density at radius 2 is 2.04 bits per heavy atom. The van der Waals surface area contributed by atoms with Gasteiger partial charge in [0.15, 0.2) is 5.76 Å². The monoisotopic (exact) mass is 354 g/mol. The Bertz CT molecular complexity index is 958. The normalized spacial score (nSPS) is 10.5. The summed E-state index contributed by atoms with van der Waals surface area (Å²) in [7, 11) is 3.30. The maximum atomic E-state index is 12.6. The molecule has 8 nitrogen and oxygen atoms in total. The van der Waals surface area contributed by atoms with Gasteiger partial charge < -0.3 is 20.2 Å². The maximum Gasteiger partial charge on any atom is 0.284 e. The molecule has 8 heteroatoms. The van der Waals surface area contributed by atoms with Crippen LogP contribution in [0, 0.1) is 0 Å². The molecule has 2 amide bonds. The molecule has 0 spiro atoms. The third kappa shape index (κ3) is 3.44. The molecule has 0 bridgehead atoms. The molecule has 3 N–H and O–H groups in total. The average Bonchev–Trinajstić information content (AvgIpc) is 3.26. The molecule has 0 aliphatic heterocycles. The molecule has 0 atom stereocenters. The standard InChI is InChI=1S/C18H18N4O4/c1-22-10-13(16(21-22)12-5-3-4-6-14(12)25-2)18(24)20-9-11-7-8-15(26-11)17(19)23/h3-8,10H,9H2,1-2H3,(H2,19,23)(H,20,24). The maximum absolute atomic E-state index is 12.6. The van der Waals surface area contributed by atoms with Crippen LogP contribution in [0.4, 0.5) is 0 Å². The van der Waals surface area contributed by atoms with Crippen LogP contribution in [0.3, 0.4) is 0 Å². The Kier molecular flexibility index (Phi) is 4.74. The van der Waals surface area contributed by atoms with Gasteiger partial charge in [-0.05, 0) is 24.3 Å². The fourth-order valence-electron chi connectivity index (χ4n) is 2.56. The number of nitrogens with two attached hydrogens (primary N) is 1. The number of carbonyl (C=O) groups is 2. The Morgan fingerprint density at radius 3 is 2.73 bits per heavy atom. The second kappa shape index (κ2) is 7.14. The van der Waals surface area contributed by atoms with E-state index in [1.54, 1.807) is 37.2 Å². The number of para-hydroxylation sites is 1. The number of aryl methyl sites for hydroxylation is 1.